The van der Waals surface area contributed by atoms with Gasteiger partial charge in [0.25, 0.3) is 0 Å². The van der Waals surface area contributed by atoms with E-state index in [0.29, 0.717) is 0 Å². The maximum Gasteiger partial charge on any atom is 0.0635 e. The molecule has 0 aromatic heterocycles. The van der Waals surface area contributed by atoms with Gasteiger partial charge in [-0.2, -0.15) is 0 Å². The van der Waals surface area contributed by atoms with Crippen LogP contribution >= 0.6 is 0 Å². The molecule has 0 saturated heterocycles. The maximum absolute atomic E-state index is 4.39. The van der Waals surface area contributed by atoms with Crippen LogP contribution in [0.2, 0.25) is 0 Å². The summed E-state index contributed by atoms with van der Waals surface area (Å²) >= 11 is 0. The largest absolute Gasteiger partial charge is 0.293 e. The highest BCUT2D eigenvalue weighted by Crippen LogP contribution is 2.00. The van der Waals surface area contributed by atoms with Gasteiger partial charge in [0.1, 0.15) is 0 Å². The fourth-order valence-corrected chi connectivity index (χ4v) is 1.33. The highest BCUT2D eigenvalue weighted by atomic mass is 14.7. The van der Waals surface area contributed by atoms with Crippen molar-refractivity contribution in [2.75, 3.05) is 0 Å². The van der Waals surface area contributed by atoms with Crippen molar-refractivity contribution in [3.05, 3.63) is 35.9 Å². The van der Waals surface area contributed by atoms with E-state index in [1.54, 1.807) is 0 Å². The van der Waals surface area contributed by atoms with Gasteiger partial charge in [-0.15, -0.1) is 0 Å². The zero-order valence-corrected chi connectivity index (χ0v) is 8.95. The van der Waals surface area contributed by atoms with Gasteiger partial charge >= 0.3 is 0 Å². The molecule has 14 heavy (non-hydrogen) atoms. The molecule has 0 aliphatic rings. The lowest BCUT2D eigenvalue weighted by molar-refractivity contribution is 0.745. The van der Waals surface area contributed by atoms with Crippen LogP contribution in [0.3, 0.4) is 0 Å². The van der Waals surface area contributed by atoms with E-state index in [1.165, 1.54) is 24.8 Å². The molecule has 0 radical (unpaired) electrons. The van der Waals surface area contributed by atoms with Gasteiger partial charge in [0.05, 0.1) is 6.54 Å². The van der Waals surface area contributed by atoms with Crippen LogP contribution in [-0.2, 0) is 6.54 Å². The molecule has 0 amide bonds. The molecule has 0 spiro atoms. The van der Waals surface area contributed by atoms with Gasteiger partial charge in [-0.3, -0.25) is 4.99 Å². The molecule has 0 bridgehead atoms. The molecule has 1 aromatic rings. The van der Waals surface area contributed by atoms with Crippen LogP contribution in [0.15, 0.2) is 35.3 Å². The first kappa shape index (κ1) is 11.0. The normalized spacial score (nSPS) is 10.9. The predicted octanol–water partition coefficient (Wildman–Crippen LogP) is 3.84. The quantitative estimate of drug-likeness (QED) is 0.476. The van der Waals surface area contributed by atoms with Crippen molar-refractivity contribution in [1.82, 2.24) is 0 Å². The van der Waals surface area contributed by atoms with Gasteiger partial charge in [0.15, 0.2) is 0 Å². The SMILES string of the molecule is CCCCC/C=N/Cc1ccccc1. The highest BCUT2D eigenvalue weighted by Gasteiger charge is 1.86. The molecule has 1 rings (SSSR count). The van der Waals surface area contributed by atoms with E-state index >= 15 is 0 Å². The Morgan fingerprint density at radius 3 is 2.64 bits per heavy atom. The molecule has 1 nitrogen and oxygen atoms in total. The standard InChI is InChI=1S/C13H19N/c1-2-3-4-8-11-14-12-13-9-6-5-7-10-13/h5-7,9-11H,2-4,8,12H2,1H3/b14-11+. The van der Waals surface area contributed by atoms with E-state index in [1.807, 2.05) is 6.07 Å². The Kier molecular flexibility index (Phi) is 5.73. The average molecular weight is 189 g/mol. The second-order valence-corrected chi connectivity index (χ2v) is 3.50. The molecule has 76 valence electrons. The van der Waals surface area contributed by atoms with E-state index in [2.05, 4.69) is 42.4 Å². The fraction of sp³-hybridized carbons (Fsp3) is 0.462. The van der Waals surface area contributed by atoms with Gasteiger partial charge in [-0.05, 0) is 24.6 Å². The predicted molar refractivity (Wildman–Crippen MR) is 62.8 cm³/mol. The summed E-state index contributed by atoms with van der Waals surface area (Å²) in [5.74, 6) is 0. The number of aliphatic imine (C=N–C) groups is 1. The van der Waals surface area contributed by atoms with Crippen LogP contribution in [0.25, 0.3) is 0 Å². The molecule has 0 saturated carbocycles. The average Bonchev–Trinajstić information content (AvgIpc) is 2.25. The van der Waals surface area contributed by atoms with Crippen molar-refractivity contribution in [2.24, 2.45) is 4.99 Å². The minimum atomic E-state index is 0.826. The topological polar surface area (TPSA) is 12.4 Å². The summed E-state index contributed by atoms with van der Waals surface area (Å²) in [5.41, 5.74) is 1.29. The molecule has 0 aliphatic heterocycles. The Labute approximate surface area is 86.9 Å². The van der Waals surface area contributed by atoms with Crippen LogP contribution < -0.4 is 0 Å². The maximum atomic E-state index is 4.39. The molecule has 1 heteroatoms. The Morgan fingerprint density at radius 1 is 1.14 bits per heavy atom. The summed E-state index contributed by atoms with van der Waals surface area (Å²) < 4.78 is 0. The smallest absolute Gasteiger partial charge is 0.0635 e. The first-order chi connectivity index (χ1) is 6.93. The summed E-state index contributed by atoms with van der Waals surface area (Å²) in [6.45, 7) is 3.05. The zero-order chi connectivity index (χ0) is 10.1. The fourth-order valence-electron chi connectivity index (χ4n) is 1.33. The van der Waals surface area contributed by atoms with E-state index in [-0.39, 0.29) is 0 Å². The first-order valence-electron chi connectivity index (χ1n) is 5.45. The second-order valence-electron chi connectivity index (χ2n) is 3.50. The number of hydrogen-bond acceptors (Lipinski definition) is 1. The number of unbranched alkanes of at least 4 members (excludes halogenated alkanes) is 3. The molecule has 0 aliphatic carbocycles. The van der Waals surface area contributed by atoms with E-state index in [9.17, 15) is 0 Å². The van der Waals surface area contributed by atoms with Crippen LogP contribution in [0.1, 0.15) is 38.2 Å². The number of rotatable bonds is 6. The van der Waals surface area contributed by atoms with Crippen LogP contribution in [0.5, 0.6) is 0 Å². The number of nitrogens with zero attached hydrogens (tertiary/aromatic N) is 1. The molecule has 0 heterocycles. The molecular weight excluding hydrogens is 170 g/mol. The molecule has 0 fully saturated rings. The monoisotopic (exact) mass is 189 g/mol. The minimum Gasteiger partial charge on any atom is -0.293 e. The van der Waals surface area contributed by atoms with E-state index in [0.717, 1.165) is 13.0 Å². The third kappa shape index (κ3) is 4.80. The van der Waals surface area contributed by atoms with Gasteiger partial charge in [0.2, 0.25) is 0 Å². The third-order valence-corrected chi connectivity index (χ3v) is 2.18. The van der Waals surface area contributed by atoms with Crippen LogP contribution in [-0.4, -0.2) is 6.21 Å². The summed E-state index contributed by atoms with van der Waals surface area (Å²) in [7, 11) is 0. The summed E-state index contributed by atoms with van der Waals surface area (Å²) in [4.78, 5) is 4.39. The Hall–Kier alpha value is -1.11. The van der Waals surface area contributed by atoms with Gasteiger partial charge in [-0.1, -0.05) is 50.1 Å². The molecule has 1 aromatic carbocycles. The summed E-state index contributed by atoms with van der Waals surface area (Å²) in [6, 6.07) is 10.4. The van der Waals surface area contributed by atoms with Crippen molar-refractivity contribution >= 4 is 6.21 Å². The lowest BCUT2D eigenvalue weighted by atomic mass is 10.2. The van der Waals surface area contributed by atoms with Crippen molar-refractivity contribution in [2.45, 2.75) is 39.2 Å². The Morgan fingerprint density at radius 2 is 1.93 bits per heavy atom. The Balaban J connectivity index is 2.14. The van der Waals surface area contributed by atoms with E-state index < -0.39 is 0 Å². The van der Waals surface area contributed by atoms with Crippen molar-refractivity contribution in [3.8, 4) is 0 Å². The third-order valence-electron chi connectivity index (χ3n) is 2.18. The lowest BCUT2D eigenvalue weighted by Gasteiger charge is -1.94. The molecule has 0 unspecified atom stereocenters. The minimum absolute atomic E-state index is 0.826. The second kappa shape index (κ2) is 7.31. The molecule has 0 atom stereocenters. The number of benzene rings is 1. The van der Waals surface area contributed by atoms with Crippen molar-refractivity contribution in [1.29, 1.82) is 0 Å². The zero-order valence-electron chi connectivity index (χ0n) is 8.95. The summed E-state index contributed by atoms with van der Waals surface area (Å²) in [5, 5.41) is 0. The first-order valence-corrected chi connectivity index (χ1v) is 5.45. The van der Waals surface area contributed by atoms with Crippen LogP contribution in [0, 0.1) is 0 Å². The van der Waals surface area contributed by atoms with Gasteiger partial charge in [0, 0.05) is 0 Å². The van der Waals surface area contributed by atoms with E-state index in [4.69, 9.17) is 0 Å². The number of hydrogen-bond donors (Lipinski definition) is 0. The van der Waals surface area contributed by atoms with Crippen molar-refractivity contribution < 1.29 is 0 Å². The van der Waals surface area contributed by atoms with Gasteiger partial charge in [-0.25, -0.2) is 0 Å². The molecular formula is C13H19N. The summed E-state index contributed by atoms with van der Waals surface area (Å²) in [6.07, 6.45) is 7.06. The Bertz CT molecular complexity index is 251. The highest BCUT2D eigenvalue weighted by molar-refractivity contribution is 5.57. The van der Waals surface area contributed by atoms with Crippen LogP contribution in [0.4, 0.5) is 0 Å². The van der Waals surface area contributed by atoms with Gasteiger partial charge < -0.3 is 0 Å². The lowest BCUT2D eigenvalue weighted by Crippen LogP contribution is -1.82. The molecule has 0 N–H and O–H groups in total. The van der Waals surface area contributed by atoms with Crippen molar-refractivity contribution in [3.63, 3.8) is 0 Å².